The quantitative estimate of drug-likeness (QED) is 0.747. The summed E-state index contributed by atoms with van der Waals surface area (Å²) >= 11 is 0. The summed E-state index contributed by atoms with van der Waals surface area (Å²) in [6.45, 7) is 1.88. The van der Waals surface area contributed by atoms with Crippen LogP contribution in [0.5, 0.6) is 0 Å². The van der Waals surface area contributed by atoms with Crippen molar-refractivity contribution in [3.8, 4) is 0 Å². The topological polar surface area (TPSA) is 77.0 Å². The van der Waals surface area contributed by atoms with Gasteiger partial charge in [-0.05, 0) is 19.1 Å². The van der Waals surface area contributed by atoms with Crippen LogP contribution in [0.1, 0.15) is 6.92 Å². The predicted octanol–water partition coefficient (Wildman–Crippen LogP) is 0.729. The fourth-order valence-corrected chi connectivity index (χ4v) is 1.30. The zero-order valence-electron chi connectivity index (χ0n) is 8.06. The molecule has 6 nitrogen and oxygen atoms in total. The number of ether oxygens (including phenoxy) is 1. The van der Waals surface area contributed by atoms with Crippen LogP contribution in [-0.4, -0.2) is 27.2 Å². The summed E-state index contributed by atoms with van der Waals surface area (Å²) in [6.07, 6.45) is 0.790. The summed E-state index contributed by atoms with van der Waals surface area (Å²) < 4.78 is 5.61. The molecule has 0 amide bonds. The van der Waals surface area contributed by atoms with Crippen LogP contribution in [0, 0.1) is 0 Å². The minimum Gasteiger partial charge on any atom is -0.449 e. The fraction of sp³-hybridized carbons (Fsp3) is 0.222. The first-order valence-corrected chi connectivity index (χ1v) is 4.47. The number of nitrogens with zero attached hydrogens (tertiary/aromatic N) is 2. The van der Waals surface area contributed by atoms with Gasteiger partial charge in [-0.2, -0.15) is 4.57 Å². The molecule has 15 heavy (non-hydrogen) atoms. The minimum absolute atomic E-state index is 0.213. The Morgan fingerprint density at radius 3 is 3.20 bits per heavy atom. The van der Waals surface area contributed by atoms with Gasteiger partial charge in [-0.1, -0.05) is 0 Å². The smallest absolute Gasteiger partial charge is 0.424 e. The fourth-order valence-electron chi connectivity index (χ4n) is 1.30. The summed E-state index contributed by atoms with van der Waals surface area (Å²) in [5, 5.41) is 0. The lowest BCUT2D eigenvalue weighted by molar-refractivity contribution is 0.154. The Labute approximate surface area is 84.5 Å². The van der Waals surface area contributed by atoms with Crippen molar-refractivity contribution in [2.75, 3.05) is 6.61 Å². The first-order valence-electron chi connectivity index (χ1n) is 4.47. The van der Waals surface area contributed by atoms with Crippen molar-refractivity contribution in [1.29, 1.82) is 0 Å². The van der Waals surface area contributed by atoms with Crippen molar-refractivity contribution in [2.45, 2.75) is 6.92 Å². The molecule has 0 saturated carbocycles. The summed E-state index contributed by atoms with van der Waals surface area (Å²) in [5.41, 5.74) is 0.249. The third-order valence-corrected chi connectivity index (χ3v) is 1.89. The van der Waals surface area contributed by atoms with Crippen LogP contribution in [0.25, 0.3) is 11.2 Å². The van der Waals surface area contributed by atoms with Crippen LogP contribution in [0.3, 0.4) is 0 Å². The molecule has 0 fully saturated rings. The molecule has 0 aromatic carbocycles. The number of H-pyrrole nitrogens is 1. The summed E-state index contributed by atoms with van der Waals surface area (Å²) in [5.74, 6) is 0. The van der Waals surface area contributed by atoms with Crippen molar-refractivity contribution >= 4 is 17.3 Å². The third kappa shape index (κ3) is 1.50. The van der Waals surface area contributed by atoms with E-state index in [4.69, 9.17) is 4.74 Å². The molecule has 0 radical (unpaired) electrons. The Bertz CT molecular complexity index is 555. The number of hydrogen-bond acceptors (Lipinski definition) is 4. The van der Waals surface area contributed by atoms with Crippen molar-refractivity contribution < 1.29 is 9.53 Å². The van der Waals surface area contributed by atoms with Crippen LogP contribution in [0.4, 0.5) is 4.79 Å². The van der Waals surface area contributed by atoms with E-state index in [1.807, 2.05) is 0 Å². The number of imidazole rings is 1. The molecule has 6 heteroatoms. The number of fused-ring (bicyclic) bond motifs is 1. The SMILES string of the molecule is CCOC(=O)n1c(=O)[nH]c2cccnc21. The van der Waals surface area contributed by atoms with E-state index in [9.17, 15) is 9.59 Å². The van der Waals surface area contributed by atoms with Gasteiger partial charge < -0.3 is 9.72 Å². The number of hydrogen-bond donors (Lipinski definition) is 1. The van der Waals surface area contributed by atoms with E-state index in [0.29, 0.717) is 5.52 Å². The standard InChI is InChI=1S/C9H9N3O3/c1-2-15-9(14)12-7-6(11-8(12)13)4-3-5-10-7/h3-5H,2H2,1H3,(H,11,13). The van der Waals surface area contributed by atoms with E-state index in [1.165, 1.54) is 6.20 Å². The monoisotopic (exact) mass is 207 g/mol. The molecule has 2 aromatic heterocycles. The zero-order valence-corrected chi connectivity index (χ0v) is 8.06. The second-order valence-electron chi connectivity index (χ2n) is 2.84. The van der Waals surface area contributed by atoms with Crippen LogP contribution < -0.4 is 5.69 Å². The van der Waals surface area contributed by atoms with E-state index >= 15 is 0 Å². The second kappa shape index (κ2) is 3.56. The number of carbonyl (C=O) groups excluding carboxylic acids is 1. The number of aromatic nitrogens is 3. The predicted molar refractivity (Wildman–Crippen MR) is 52.8 cm³/mol. The molecule has 2 aromatic rings. The lowest BCUT2D eigenvalue weighted by Gasteiger charge is -2.00. The van der Waals surface area contributed by atoms with Gasteiger partial charge in [0.25, 0.3) is 0 Å². The Hall–Kier alpha value is -2.11. The molecular formula is C9H9N3O3. The second-order valence-corrected chi connectivity index (χ2v) is 2.84. The average Bonchev–Trinajstić information content (AvgIpc) is 2.54. The molecule has 0 unspecified atom stereocenters. The Morgan fingerprint density at radius 1 is 1.67 bits per heavy atom. The van der Waals surface area contributed by atoms with Gasteiger partial charge in [-0.3, -0.25) is 0 Å². The van der Waals surface area contributed by atoms with E-state index in [1.54, 1.807) is 19.1 Å². The maximum Gasteiger partial charge on any atom is 0.424 e. The van der Waals surface area contributed by atoms with Gasteiger partial charge in [0.15, 0.2) is 5.65 Å². The highest BCUT2D eigenvalue weighted by Gasteiger charge is 2.14. The van der Waals surface area contributed by atoms with Crippen molar-refractivity contribution in [1.82, 2.24) is 14.5 Å². The van der Waals surface area contributed by atoms with Crippen molar-refractivity contribution in [3.63, 3.8) is 0 Å². The number of aromatic amines is 1. The highest BCUT2D eigenvalue weighted by Crippen LogP contribution is 2.05. The largest absolute Gasteiger partial charge is 0.449 e. The Kier molecular flexibility index (Phi) is 2.24. The molecule has 0 aliphatic carbocycles. The molecular weight excluding hydrogens is 198 g/mol. The van der Waals surface area contributed by atoms with E-state index in [2.05, 4.69) is 9.97 Å². The maximum absolute atomic E-state index is 11.4. The molecule has 1 N–H and O–H groups in total. The lowest BCUT2D eigenvalue weighted by atomic mass is 10.4. The van der Waals surface area contributed by atoms with Gasteiger partial charge in [0.05, 0.1) is 12.1 Å². The van der Waals surface area contributed by atoms with Crippen molar-refractivity contribution in [3.05, 3.63) is 28.8 Å². The molecule has 78 valence electrons. The van der Waals surface area contributed by atoms with Crippen molar-refractivity contribution in [2.24, 2.45) is 0 Å². The van der Waals surface area contributed by atoms with Crippen LogP contribution in [-0.2, 0) is 4.74 Å². The highest BCUT2D eigenvalue weighted by molar-refractivity contribution is 5.83. The van der Waals surface area contributed by atoms with Gasteiger partial charge in [-0.15, -0.1) is 0 Å². The molecule has 0 aliphatic rings. The van der Waals surface area contributed by atoms with Gasteiger partial charge >= 0.3 is 11.8 Å². The number of carbonyl (C=O) groups is 1. The van der Waals surface area contributed by atoms with E-state index < -0.39 is 11.8 Å². The molecule has 0 aliphatic heterocycles. The molecule has 0 saturated heterocycles. The molecule has 2 rings (SSSR count). The Morgan fingerprint density at radius 2 is 2.47 bits per heavy atom. The molecule has 2 heterocycles. The summed E-state index contributed by atoms with van der Waals surface area (Å²) in [4.78, 5) is 29.3. The van der Waals surface area contributed by atoms with Crippen LogP contribution >= 0.6 is 0 Å². The summed E-state index contributed by atoms with van der Waals surface area (Å²) in [6, 6.07) is 3.34. The lowest BCUT2D eigenvalue weighted by Crippen LogP contribution is -2.25. The minimum atomic E-state index is -0.715. The van der Waals surface area contributed by atoms with E-state index in [-0.39, 0.29) is 12.3 Å². The van der Waals surface area contributed by atoms with Gasteiger partial charge in [0.1, 0.15) is 0 Å². The highest BCUT2D eigenvalue weighted by atomic mass is 16.5. The number of nitrogens with one attached hydrogen (secondary N) is 1. The average molecular weight is 207 g/mol. The molecule has 0 atom stereocenters. The van der Waals surface area contributed by atoms with Crippen LogP contribution in [0.15, 0.2) is 23.1 Å². The zero-order chi connectivity index (χ0) is 10.8. The van der Waals surface area contributed by atoms with E-state index in [0.717, 1.165) is 4.57 Å². The molecule has 0 spiro atoms. The van der Waals surface area contributed by atoms with Gasteiger partial charge in [-0.25, -0.2) is 14.6 Å². The normalized spacial score (nSPS) is 10.5. The first-order chi connectivity index (χ1) is 7.24. The third-order valence-electron chi connectivity index (χ3n) is 1.89. The summed E-state index contributed by atoms with van der Waals surface area (Å²) in [7, 11) is 0. The Balaban J connectivity index is 2.64. The number of pyridine rings is 1. The van der Waals surface area contributed by atoms with Crippen LogP contribution in [0.2, 0.25) is 0 Å². The maximum atomic E-state index is 11.4. The molecule has 0 bridgehead atoms. The first kappa shape index (κ1) is 9.45. The van der Waals surface area contributed by atoms with Gasteiger partial charge in [0, 0.05) is 6.20 Å². The van der Waals surface area contributed by atoms with Gasteiger partial charge in [0.2, 0.25) is 0 Å². The number of rotatable bonds is 1.